The summed E-state index contributed by atoms with van der Waals surface area (Å²) in [7, 11) is 0. The van der Waals surface area contributed by atoms with Gasteiger partial charge in [-0.3, -0.25) is 9.69 Å². The Hall–Kier alpha value is -1.53. The molecule has 1 fully saturated rings. The third-order valence-corrected chi connectivity index (χ3v) is 5.85. The molecule has 3 rings (SSSR count). The molecular formula is C19H15Cl2NO2S2. The zero-order valence-corrected chi connectivity index (χ0v) is 17.0. The van der Waals surface area contributed by atoms with E-state index in [4.69, 9.17) is 40.2 Å². The zero-order chi connectivity index (χ0) is 18.7. The van der Waals surface area contributed by atoms with Crippen LogP contribution in [0.4, 0.5) is 5.69 Å². The average molecular weight is 424 g/mol. The van der Waals surface area contributed by atoms with Gasteiger partial charge in [0, 0.05) is 6.42 Å². The smallest absolute Gasteiger partial charge is 0.274 e. The number of rotatable bonds is 5. The molecule has 3 nitrogen and oxygen atoms in total. The van der Waals surface area contributed by atoms with Crippen molar-refractivity contribution >= 4 is 63.1 Å². The molecular weight excluding hydrogens is 409 g/mol. The van der Waals surface area contributed by atoms with Gasteiger partial charge in [-0.25, -0.2) is 0 Å². The topological polar surface area (TPSA) is 29.5 Å². The first-order valence-corrected chi connectivity index (χ1v) is 9.90. The Labute approximate surface area is 171 Å². The number of carbonyl (C=O) groups is 1. The van der Waals surface area contributed by atoms with Crippen molar-refractivity contribution in [3.05, 3.63) is 74.8 Å². The van der Waals surface area contributed by atoms with Crippen LogP contribution in [0.5, 0.6) is 0 Å². The van der Waals surface area contributed by atoms with Gasteiger partial charge in [0.25, 0.3) is 5.91 Å². The van der Waals surface area contributed by atoms with Crippen molar-refractivity contribution in [1.82, 2.24) is 0 Å². The van der Waals surface area contributed by atoms with E-state index >= 15 is 0 Å². The second-order valence-electron chi connectivity index (χ2n) is 5.45. The number of nitrogens with zero attached hydrogens (tertiary/aromatic N) is 1. The number of allylic oxidation sites excluding steroid dienone is 1. The number of benzene rings is 2. The largest absolute Gasteiger partial charge is 0.496 e. The molecule has 7 heteroatoms. The monoisotopic (exact) mass is 423 g/mol. The number of thiocarbonyl (C=S) groups is 1. The minimum absolute atomic E-state index is 0.210. The van der Waals surface area contributed by atoms with E-state index in [1.807, 2.05) is 37.3 Å². The molecule has 0 radical (unpaired) electrons. The lowest BCUT2D eigenvalue weighted by molar-refractivity contribution is -0.113. The number of thioether (sulfide) groups is 1. The lowest BCUT2D eigenvalue weighted by Crippen LogP contribution is -2.28. The molecule has 0 unspecified atom stereocenters. The molecule has 0 bridgehead atoms. The van der Waals surface area contributed by atoms with Crippen LogP contribution in [0.3, 0.4) is 0 Å². The number of halogens is 2. The quantitative estimate of drug-likeness (QED) is 0.342. The van der Waals surface area contributed by atoms with Gasteiger partial charge in [0.1, 0.15) is 10.7 Å². The maximum absolute atomic E-state index is 13.0. The van der Waals surface area contributed by atoms with Gasteiger partial charge in [-0.1, -0.05) is 77.5 Å². The third-order valence-electron chi connectivity index (χ3n) is 3.71. The van der Waals surface area contributed by atoms with Gasteiger partial charge in [0.2, 0.25) is 0 Å². The minimum atomic E-state index is -0.210. The number of hydrogen-bond donors (Lipinski definition) is 0. The molecule has 0 spiro atoms. The Balaban J connectivity index is 1.96. The van der Waals surface area contributed by atoms with Crippen LogP contribution in [0, 0.1) is 0 Å². The van der Waals surface area contributed by atoms with Crippen molar-refractivity contribution in [3.8, 4) is 0 Å². The molecule has 1 saturated heterocycles. The van der Waals surface area contributed by atoms with Gasteiger partial charge in [-0.15, -0.1) is 0 Å². The maximum atomic E-state index is 13.0. The third kappa shape index (κ3) is 4.07. The Kier molecular flexibility index (Phi) is 6.24. The van der Waals surface area contributed by atoms with Crippen LogP contribution >= 0.6 is 47.2 Å². The first kappa shape index (κ1) is 19.2. The Bertz CT molecular complexity index is 884. The fourth-order valence-electron chi connectivity index (χ4n) is 2.54. The van der Waals surface area contributed by atoms with Gasteiger partial charge in [-0.05, 0) is 30.7 Å². The average Bonchev–Trinajstić information content (AvgIpc) is 2.92. The van der Waals surface area contributed by atoms with Gasteiger partial charge >= 0.3 is 0 Å². The Morgan fingerprint density at radius 1 is 1.15 bits per heavy atom. The highest BCUT2D eigenvalue weighted by Crippen LogP contribution is 2.39. The van der Waals surface area contributed by atoms with Crippen LogP contribution in [0.25, 0.3) is 0 Å². The number of carbonyl (C=O) groups excluding carboxylic acids is 1. The molecule has 26 heavy (non-hydrogen) atoms. The second-order valence-corrected chi connectivity index (χ2v) is 7.91. The fourth-order valence-corrected chi connectivity index (χ4v) is 4.14. The van der Waals surface area contributed by atoms with E-state index in [-0.39, 0.29) is 5.91 Å². The van der Waals surface area contributed by atoms with Crippen molar-refractivity contribution in [2.45, 2.75) is 13.3 Å². The highest BCUT2D eigenvalue weighted by atomic mass is 35.5. The molecule has 2 aromatic carbocycles. The molecule has 1 amide bonds. The van der Waals surface area contributed by atoms with Crippen molar-refractivity contribution in [1.29, 1.82) is 0 Å². The van der Waals surface area contributed by atoms with E-state index < -0.39 is 0 Å². The maximum Gasteiger partial charge on any atom is 0.274 e. The highest BCUT2D eigenvalue weighted by Gasteiger charge is 2.36. The van der Waals surface area contributed by atoms with E-state index in [1.165, 1.54) is 16.7 Å². The molecule has 0 aromatic heterocycles. The summed E-state index contributed by atoms with van der Waals surface area (Å²) in [5, 5.41) is 0.798. The minimum Gasteiger partial charge on any atom is -0.496 e. The first-order chi connectivity index (χ1) is 12.5. The molecule has 134 valence electrons. The standard InChI is InChI=1S/C19H15Cl2NO2S2/c1-2-24-16(10-12-6-4-3-5-7-12)17-18(23)22(19(25)26-17)13-8-9-14(20)15(21)11-13/h3-9,11H,2,10H2,1H3. The summed E-state index contributed by atoms with van der Waals surface area (Å²) in [4.78, 5) is 15.0. The van der Waals surface area contributed by atoms with E-state index in [2.05, 4.69) is 0 Å². The van der Waals surface area contributed by atoms with Crippen LogP contribution in [-0.4, -0.2) is 16.8 Å². The summed E-state index contributed by atoms with van der Waals surface area (Å²) in [6.07, 6.45) is 0.528. The molecule has 0 atom stereocenters. The molecule has 2 aromatic rings. The zero-order valence-electron chi connectivity index (χ0n) is 13.9. The highest BCUT2D eigenvalue weighted by molar-refractivity contribution is 8.27. The SMILES string of the molecule is CCOC(Cc1ccccc1)=C1SC(=S)N(c2ccc(Cl)c(Cl)c2)C1=O. The Morgan fingerprint density at radius 3 is 2.54 bits per heavy atom. The summed E-state index contributed by atoms with van der Waals surface area (Å²) in [6.45, 7) is 2.36. The number of ether oxygens (including phenoxy) is 1. The number of amides is 1. The van der Waals surface area contributed by atoms with Gasteiger partial charge < -0.3 is 4.74 Å². The van der Waals surface area contributed by atoms with Gasteiger partial charge in [0.05, 0.1) is 22.3 Å². The van der Waals surface area contributed by atoms with Gasteiger partial charge in [0.15, 0.2) is 4.32 Å². The Morgan fingerprint density at radius 2 is 1.88 bits per heavy atom. The summed E-state index contributed by atoms with van der Waals surface area (Å²) in [5.41, 5.74) is 1.66. The van der Waals surface area contributed by atoms with Crippen LogP contribution in [0.15, 0.2) is 59.2 Å². The fraction of sp³-hybridized carbons (Fsp3) is 0.158. The number of anilines is 1. The van der Waals surface area contributed by atoms with E-state index in [0.29, 0.717) is 43.7 Å². The summed E-state index contributed by atoms with van der Waals surface area (Å²) in [5.74, 6) is 0.413. The van der Waals surface area contributed by atoms with Crippen LogP contribution < -0.4 is 4.90 Å². The molecule has 1 aliphatic rings. The molecule has 1 heterocycles. The van der Waals surface area contributed by atoms with Gasteiger partial charge in [-0.2, -0.15) is 0 Å². The summed E-state index contributed by atoms with van der Waals surface area (Å²) in [6, 6.07) is 14.9. The normalized spacial score (nSPS) is 16.2. The lowest BCUT2D eigenvalue weighted by Gasteiger charge is -2.15. The summed E-state index contributed by atoms with van der Waals surface area (Å²) >= 11 is 18.7. The molecule has 0 aliphatic carbocycles. The first-order valence-electron chi connectivity index (χ1n) is 7.92. The molecule has 1 aliphatic heterocycles. The van der Waals surface area contributed by atoms with Crippen molar-refractivity contribution < 1.29 is 9.53 Å². The van der Waals surface area contributed by atoms with Crippen molar-refractivity contribution in [3.63, 3.8) is 0 Å². The predicted octanol–water partition coefficient (Wildman–Crippen LogP) is 5.85. The van der Waals surface area contributed by atoms with Crippen molar-refractivity contribution in [2.75, 3.05) is 11.5 Å². The van der Waals surface area contributed by atoms with E-state index in [9.17, 15) is 4.79 Å². The van der Waals surface area contributed by atoms with Crippen LogP contribution in [-0.2, 0) is 16.0 Å². The van der Waals surface area contributed by atoms with Crippen LogP contribution in [0.1, 0.15) is 12.5 Å². The van der Waals surface area contributed by atoms with E-state index in [0.717, 1.165) is 5.56 Å². The predicted molar refractivity (Wildman–Crippen MR) is 113 cm³/mol. The summed E-state index contributed by atoms with van der Waals surface area (Å²) < 4.78 is 6.22. The molecule has 0 saturated carbocycles. The van der Waals surface area contributed by atoms with E-state index in [1.54, 1.807) is 18.2 Å². The second kappa shape index (κ2) is 8.44. The molecule has 0 N–H and O–H groups in total. The lowest BCUT2D eigenvalue weighted by atomic mass is 10.1. The van der Waals surface area contributed by atoms with Crippen molar-refractivity contribution in [2.24, 2.45) is 0 Å². The van der Waals surface area contributed by atoms with Crippen LogP contribution in [0.2, 0.25) is 10.0 Å². The number of hydrogen-bond acceptors (Lipinski definition) is 4.